The molecule has 0 N–H and O–H groups in total. The molecule has 3 rings (SSSR count). The van der Waals surface area contributed by atoms with E-state index in [2.05, 4.69) is 11.9 Å². The van der Waals surface area contributed by atoms with Crippen molar-refractivity contribution in [1.29, 1.82) is 0 Å². The quantitative estimate of drug-likeness (QED) is 0.603. The first-order valence-corrected chi connectivity index (χ1v) is 10.9. The van der Waals surface area contributed by atoms with Gasteiger partial charge >= 0.3 is 5.69 Å². The van der Waals surface area contributed by atoms with E-state index in [9.17, 15) is 9.59 Å². The maximum atomic E-state index is 12.8. The average molecular weight is 403 g/mol. The van der Waals surface area contributed by atoms with Crippen LogP contribution in [0.1, 0.15) is 78.2 Å². The number of hydrazone groups is 1. The molecule has 8 heteroatoms. The molecule has 1 aliphatic heterocycles. The minimum absolute atomic E-state index is 0.0741. The van der Waals surface area contributed by atoms with Gasteiger partial charge < -0.3 is 0 Å². The van der Waals surface area contributed by atoms with Crippen molar-refractivity contribution in [2.45, 2.75) is 78.2 Å². The molecule has 160 valence electrons. The Hall–Kier alpha value is -2.38. The van der Waals surface area contributed by atoms with E-state index in [0.29, 0.717) is 17.1 Å². The summed E-state index contributed by atoms with van der Waals surface area (Å²) in [7, 11) is 3.17. The molecule has 2 aromatic rings. The second kappa shape index (κ2) is 8.97. The molecule has 0 fully saturated rings. The van der Waals surface area contributed by atoms with E-state index in [1.807, 2.05) is 23.4 Å². The summed E-state index contributed by atoms with van der Waals surface area (Å²) in [5.41, 5.74) is 1.15. The van der Waals surface area contributed by atoms with Crippen LogP contribution in [0.4, 0.5) is 5.95 Å². The van der Waals surface area contributed by atoms with Crippen molar-refractivity contribution < 1.29 is 0 Å². The summed E-state index contributed by atoms with van der Waals surface area (Å²) in [6.07, 6.45) is 9.98. The fourth-order valence-electron chi connectivity index (χ4n) is 4.00. The van der Waals surface area contributed by atoms with E-state index in [1.54, 1.807) is 7.05 Å². The molecule has 29 heavy (non-hydrogen) atoms. The fourth-order valence-corrected chi connectivity index (χ4v) is 4.00. The van der Waals surface area contributed by atoms with E-state index in [1.165, 1.54) is 50.1 Å². The van der Waals surface area contributed by atoms with Crippen LogP contribution in [0.5, 0.6) is 0 Å². The van der Waals surface area contributed by atoms with Crippen LogP contribution in [0.25, 0.3) is 11.2 Å². The number of hydrogen-bond donors (Lipinski definition) is 0. The van der Waals surface area contributed by atoms with Gasteiger partial charge in [0.2, 0.25) is 5.95 Å². The number of fused-ring (bicyclic) bond motifs is 3. The first-order valence-electron chi connectivity index (χ1n) is 10.9. The normalized spacial score (nSPS) is 16.4. The first kappa shape index (κ1) is 21.3. The van der Waals surface area contributed by atoms with Crippen LogP contribution < -0.4 is 16.3 Å². The van der Waals surface area contributed by atoms with Gasteiger partial charge in [-0.1, -0.05) is 51.9 Å². The number of hydrogen-bond acceptors (Lipinski definition) is 5. The molecule has 3 heterocycles. The van der Waals surface area contributed by atoms with Gasteiger partial charge in [0.25, 0.3) is 5.56 Å². The maximum absolute atomic E-state index is 12.8. The summed E-state index contributed by atoms with van der Waals surface area (Å²) in [5, 5.41) is 6.63. The van der Waals surface area contributed by atoms with Crippen LogP contribution >= 0.6 is 0 Å². The predicted molar refractivity (Wildman–Crippen MR) is 118 cm³/mol. The molecule has 0 aromatic carbocycles. The summed E-state index contributed by atoms with van der Waals surface area (Å²) in [6.45, 7) is 6.99. The highest BCUT2D eigenvalue weighted by Crippen LogP contribution is 2.30. The predicted octanol–water partition coefficient (Wildman–Crippen LogP) is 3.33. The SMILES string of the molecule is CCCCCCCCCCN1N=C(C)[C@@H](C)n2c1nc1c2c(=O)n(C)c(=O)n1C. The lowest BCUT2D eigenvalue weighted by atomic mass is 10.1. The van der Waals surface area contributed by atoms with Gasteiger partial charge in [0, 0.05) is 20.6 Å². The molecule has 1 aliphatic rings. The van der Waals surface area contributed by atoms with Gasteiger partial charge in [-0.05, 0) is 20.3 Å². The Morgan fingerprint density at radius 2 is 1.55 bits per heavy atom. The molecule has 0 amide bonds. The van der Waals surface area contributed by atoms with Crippen molar-refractivity contribution in [2.24, 2.45) is 19.2 Å². The zero-order chi connectivity index (χ0) is 21.1. The van der Waals surface area contributed by atoms with Gasteiger partial charge in [0.05, 0.1) is 11.8 Å². The highest BCUT2D eigenvalue weighted by molar-refractivity contribution is 5.90. The molecular formula is C21H34N6O2. The summed E-state index contributed by atoms with van der Waals surface area (Å²) in [4.78, 5) is 29.8. The summed E-state index contributed by atoms with van der Waals surface area (Å²) in [5.74, 6) is 0.652. The molecule has 0 radical (unpaired) electrons. The van der Waals surface area contributed by atoms with Gasteiger partial charge in [-0.3, -0.25) is 18.5 Å². The molecule has 2 aromatic heterocycles. The van der Waals surface area contributed by atoms with Crippen LogP contribution in [-0.4, -0.2) is 30.9 Å². The summed E-state index contributed by atoms with van der Waals surface area (Å²) < 4.78 is 4.52. The minimum Gasteiger partial charge on any atom is -0.294 e. The first-order chi connectivity index (χ1) is 13.9. The van der Waals surface area contributed by atoms with Gasteiger partial charge in [0.1, 0.15) is 0 Å². The molecule has 0 unspecified atom stereocenters. The Balaban J connectivity index is 1.80. The third kappa shape index (κ3) is 4.02. The largest absolute Gasteiger partial charge is 0.332 e. The smallest absolute Gasteiger partial charge is 0.294 e. The third-order valence-electron chi connectivity index (χ3n) is 6.00. The second-order valence-electron chi connectivity index (χ2n) is 8.18. The van der Waals surface area contributed by atoms with Crippen molar-refractivity contribution in [2.75, 3.05) is 11.6 Å². The maximum Gasteiger partial charge on any atom is 0.332 e. The third-order valence-corrected chi connectivity index (χ3v) is 6.00. The van der Waals surface area contributed by atoms with Gasteiger partial charge in [-0.25, -0.2) is 9.80 Å². The van der Waals surface area contributed by atoms with Crippen LogP contribution in [0.15, 0.2) is 14.7 Å². The molecule has 1 atom stereocenters. The number of unbranched alkanes of at least 4 members (excludes halogenated alkanes) is 7. The second-order valence-corrected chi connectivity index (χ2v) is 8.18. The summed E-state index contributed by atoms with van der Waals surface area (Å²) >= 11 is 0. The Kier molecular flexibility index (Phi) is 6.59. The molecule has 0 saturated carbocycles. The fraction of sp³-hybridized carbons (Fsp3) is 0.714. The molecule has 8 nitrogen and oxygen atoms in total. The summed E-state index contributed by atoms with van der Waals surface area (Å²) in [6, 6.07) is -0.0741. The van der Waals surface area contributed by atoms with Crippen molar-refractivity contribution >= 4 is 22.8 Å². The minimum atomic E-state index is -0.363. The van der Waals surface area contributed by atoms with Gasteiger partial charge in [-0.15, -0.1) is 0 Å². The Morgan fingerprint density at radius 3 is 2.21 bits per heavy atom. The van der Waals surface area contributed by atoms with Crippen LogP contribution in [0.2, 0.25) is 0 Å². The Labute approximate surface area is 171 Å². The van der Waals surface area contributed by atoms with E-state index in [4.69, 9.17) is 5.10 Å². The topological polar surface area (TPSA) is 77.4 Å². The number of imidazole rings is 1. The molecule has 0 spiro atoms. The molecule has 0 aliphatic carbocycles. The van der Waals surface area contributed by atoms with E-state index in [0.717, 1.165) is 29.7 Å². The van der Waals surface area contributed by atoms with Crippen LogP contribution in [-0.2, 0) is 14.1 Å². The van der Waals surface area contributed by atoms with Crippen molar-refractivity contribution in [3.63, 3.8) is 0 Å². The number of nitrogens with zero attached hydrogens (tertiary/aromatic N) is 6. The molecule has 0 saturated heterocycles. The molecule has 0 bridgehead atoms. The van der Waals surface area contributed by atoms with Gasteiger partial charge in [0.15, 0.2) is 11.2 Å². The standard InChI is InChI=1S/C21H34N6O2/c1-6-7-8-9-10-11-12-13-14-26-20-22-18-17(27(20)16(3)15(2)23-26)19(28)25(5)21(29)24(18)4/h16H,6-14H2,1-5H3/t16-/m1/s1. The lowest BCUT2D eigenvalue weighted by molar-refractivity contribution is 0.563. The molecular weight excluding hydrogens is 368 g/mol. The number of anilines is 1. The number of aryl methyl sites for hydroxylation is 1. The van der Waals surface area contributed by atoms with E-state index in [-0.39, 0.29) is 17.3 Å². The Bertz CT molecular complexity index is 1010. The van der Waals surface area contributed by atoms with E-state index >= 15 is 0 Å². The zero-order valence-corrected chi connectivity index (χ0v) is 18.4. The highest BCUT2D eigenvalue weighted by Gasteiger charge is 2.29. The number of aromatic nitrogens is 4. The van der Waals surface area contributed by atoms with Crippen molar-refractivity contribution in [3.05, 3.63) is 20.8 Å². The van der Waals surface area contributed by atoms with Crippen LogP contribution in [0.3, 0.4) is 0 Å². The van der Waals surface area contributed by atoms with Crippen molar-refractivity contribution in [3.8, 4) is 0 Å². The lowest BCUT2D eigenvalue weighted by Crippen LogP contribution is -2.38. The Morgan fingerprint density at radius 1 is 0.931 bits per heavy atom. The van der Waals surface area contributed by atoms with Crippen LogP contribution in [0, 0.1) is 0 Å². The van der Waals surface area contributed by atoms with Gasteiger partial charge in [-0.2, -0.15) is 10.1 Å². The zero-order valence-electron chi connectivity index (χ0n) is 18.4. The highest BCUT2D eigenvalue weighted by atomic mass is 16.2. The monoisotopic (exact) mass is 402 g/mol. The average Bonchev–Trinajstić information content (AvgIpc) is 3.11. The van der Waals surface area contributed by atoms with Crippen molar-refractivity contribution in [1.82, 2.24) is 18.7 Å². The lowest BCUT2D eigenvalue weighted by Gasteiger charge is -2.29. The number of rotatable bonds is 9. The van der Waals surface area contributed by atoms with E-state index < -0.39 is 0 Å².